The Morgan fingerprint density at radius 1 is 1.38 bits per heavy atom. The number of imidazole rings is 1. The number of nitrogens with one attached hydrogen (secondary N) is 1. The molecule has 0 unspecified atom stereocenters. The highest BCUT2D eigenvalue weighted by Gasteiger charge is 2.28. The molecule has 0 atom stereocenters. The highest BCUT2D eigenvalue weighted by atomic mass is 16.5. The van der Waals surface area contributed by atoms with E-state index in [-0.39, 0.29) is 5.91 Å². The molecular formula is C17H17N5O2. The van der Waals surface area contributed by atoms with Crippen LogP contribution in [0.5, 0.6) is 0 Å². The van der Waals surface area contributed by atoms with Crippen LogP contribution in [0.1, 0.15) is 33.2 Å². The van der Waals surface area contributed by atoms with Crippen molar-refractivity contribution in [1.29, 1.82) is 0 Å². The Balaban J connectivity index is 1.60. The van der Waals surface area contributed by atoms with Gasteiger partial charge in [-0.05, 0) is 26.0 Å². The van der Waals surface area contributed by atoms with Crippen LogP contribution in [0.15, 0.2) is 29.0 Å². The van der Waals surface area contributed by atoms with Gasteiger partial charge in [0.2, 0.25) is 0 Å². The zero-order chi connectivity index (χ0) is 16.7. The van der Waals surface area contributed by atoms with Crippen molar-refractivity contribution in [1.82, 2.24) is 25.0 Å². The average Bonchev–Trinajstić information content (AvgIpc) is 3.17. The number of hydrogen-bond acceptors (Lipinski definition) is 5. The molecule has 1 aliphatic heterocycles. The van der Waals surface area contributed by atoms with Crippen LogP contribution in [0.2, 0.25) is 0 Å². The van der Waals surface area contributed by atoms with E-state index in [0.717, 1.165) is 29.2 Å². The lowest BCUT2D eigenvalue weighted by Crippen LogP contribution is -2.36. The molecule has 1 N–H and O–H groups in total. The Morgan fingerprint density at radius 3 is 2.96 bits per heavy atom. The molecule has 3 aromatic rings. The molecule has 24 heavy (non-hydrogen) atoms. The van der Waals surface area contributed by atoms with Gasteiger partial charge in [-0.2, -0.15) is 0 Å². The van der Waals surface area contributed by atoms with Gasteiger partial charge >= 0.3 is 0 Å². The summed E-state index contributed by atoms with van der Waals surface area (Å²) >= 11 is 0. The fraction of sp³-hybridized carbons (Fsp3) is 0.294. The third kappa shape index (κ3) is 2.38. The Hall–Kier alpha value is -2.96. The SMILES string of the molecule is Cc1noc(C)c1C(=O)N1CCc2nc(-c3cccnc3)[nH]c2C1. The normalized spacial score (nSPS) is 13.8. The maximum absolute atomic E-state index is 12.8. The summed E-state index contributed by atoms with van der Waals surface area (Å²) in [5, 5.41) is 3.87. The molecule has 0 aliphatic carbocycles. The highest BCUT2D eigenvalue weighted by Crippen LogP contribution is 2.24. The number of carbonyl (C=O) groups is 1. The maximum atomic E-state index is 12.8. The van der Waals surface area contributed by atoms with Crippen molar-refractivity contribution < 1.29 is 9.32 Å². The monoisotopic (exact) mass is 323 g/mol. The number of fused-ring (bicyclic) bond motifs is 1. The number of H-pyrrole nitrogens is 1. The number of nitrogens with zero attached hydrogens (tertiary/aromatic N) is 4. The van der Waals surface area contributed by atoms with Crippen LogP contribution in [0.25, 0.3) is 11.4 Å². The number of hydrogen-bond donors (Lipinski definition) is 1. The van der Waals surface area contributed by atoms with Crippen molar-refractivity contribution in [3.8, 4) is 11.4 Å². The Kier molecular flexibility index (Phi) is 3.41. The van der Waals surface area contributed by atoms with E-state index in [4.69, 9.17) is 4.52 Å². The second-order valence-electron chi connectivity index (χ2n) is 5.93. The molecule has 0 saturated heterocycles. The first-order valence-electron chi connectivity index (χ1n) is 7.84. The van der Waals surface area contributed by atoms with Crippen molar-refractivity contribution in [2.24, 2.45) is 0 Å². The summed E-state index contributed by atoms with van der Waals surface area (Å²) < 4.78 is 5.11. The van der Waals surface area contributed by atoms with Gasteiger partial charge in [0.15, 0.2) is 0 Å². The third-order valence-corrected chi connectivity index (χ3v) is 4.30. The molecule has 0 saturated carbocycles. The predicted molar refractivity (Wildman–Crippen MR) is 86.2 cm³/mol. The van der Waals surface area contributed by atoms with E-state index in [0.29, 0.717) is 30.1 Å². The molecule has 4 heterocycles. The number of aryl methyl sites for hydroxylation is 2. The first-order chi connectivity index (χ1) is 11.6. The minimum absolute atomic E-state index is 0.0468. The molecule has 1 aliphatic rings. The molecule has 3 aromatic heterocycles. The number of aromatic amines is 1. The number of aromatic nitrogens is 4. The van der Waals surface area contributed by atoms with E-state index in [1.807, 2.05) is 12.1 Å². The topological polar surface area (TPSA) is 87.9 Å². The van der Waals surface area contributed by atoms with Crippen molar-refractivity contribution in [2.45, 2.75) is 26.8 Å². The van der Waals surface area contributed by atoms with Crippen LogP contribution in [0.4, 0.5) is 0 Å². The van der Waals surface area contributed by atoms with Crippen LogP contribution in [0.3, 0.4) is 0 Å². The number of amides is 1. The predicted octanol–water partition coefficient (Wildman–Crippen LogP) is 2.28. The van der Waals surface area contributed by atoms with Crippen LogP contribution in [-0.2, 0) is 13.0 Å². The summed E-state index contributed by atoms with van der Waals surface area (Å²) in [6.07, 6.45) is 4.23. The molecular weight excluding hydrogens is 306 g/mol. The highest BCUT2D eigenvalue weighted by molar-refractivity contribution is 5.96. The fourth-order valence-electron chi connectivity index (χ4n) is 3.05. The lowest BCUT2D eigenvalue weighted by atomic mass is 10.1. The Labute approximate surface area is 138 Å². The lowest BCUT2D eigenvalue weighted by molar-refractivity contribution is 0.0729. The van der Waals surface area contributed by atoms with Gasteiger partial charge in [-0.3, -0.25) is 9.78 Å². The first-order valence-corrected chi connectivity index (χ1v) is 7.84. The first kappa shape index (κ1) is 14.6. The summed E-state index contributed by atoms with van der Waals surface area (Å²) in [7, 11) is 0. The Bertz CT molecular complexity index is 878. The molecule has 0 fully saturated rings. The van der Waals surface area contributed by atoms with Gasteiger partial charge in [-0.1, -0.05) is 5.16 Å². The van der Waals surface area contributed by atoms with E-state index >= 15 is 0 Å². The van der Waals surface area contributed by atoms with E-state index in [9.17, 15) is 4.79 Å². The molecule has 1 amide bonds. The van der Waals surface area contributed by atoms with Crippen molar-refractivity contribution >= 4 is 5.91 Å². The number of pyridine rings is 1. The van der Waals surface area contributed by atoms with E-state index in [1.54, 1.807) is 31.1 Å². The van der Waals surface area contributed by atoms with E-state index in [1.165, 1.54) is 0 Å². The Morgan fingerprint density at radius 2 is 2.25 bits per heavy atom. The largest absolute Gasteiger partial charge is 0.361 e. The molecule has 0 spiro atoms. The molecule has 0 aromatic carbocycles. The molecule has 122 valence electrons. The summed E-state index contributed by atoms with van der Waals surface area (Å²) in [5.41, 5.74) is 4.11. The van der Waals surface area contributed by atoms with Crippen molar-refractivity contribution in [3.63, 3.8) is 0 Å². The molecule has 7 nitrogen and oxygen atoms in total. The summed E-state index contributed by atoms with van der Waals surface area (Å²) in [6.45, 7) is 4.69. The van der Waals surface area contributed by atoms with Gasteiger partial charge in [-0.15, -0.1) is 0 Å². The van der Waals surface area contributed by atoms with Crippen LogP contribution in [0, 0.1) is 13.8 Å². The molecule has 0 bridgehead atoms. The summed E-state index contributed by atoms with van der Waals surface area (Å²) in [6, 6.07) is 3.84. The third-order valence-electron chi connectivity index (χ3n) is 4.30. The van der Waals surface area contributed by atoms with E-state index < -0.39 is 0 Å². The lowest BCUT2D eigenvalue weighted by Gasteiger charge is -2.26. The minimum Gasteiger partial charge on any atom is -0.361 e. The number of carbonyl (C=O) groups excluding carboxylic acids is 1. The van der Waals surface area contributed by atoms with Gasteiger partial charge in [0.05, 0.1) is 23.6 Å². The van der Waals surface area contributed by atoms with Crippen LogP contribution >= 0.6 is 0 Å². The molecule has 0 radical (unpaired) electrons. The van der Waals surface area contributed by atoms with Crippen LogP contribution < -0.4 is 0 Å². The maximum Gasteiger partial charge on any atom is 0.259 e. The standard InChI is InChI=1S/C17H17N5O2/c1-10-15(11(2)24-21-10)17(23)22-7-5-13-14(9-22)20-16(19-13)12-4-3-6-18-8-12/h3-4,6,8H,5,7,9H2,1-2H3,(H,19,20). The zero-order valence-corrected chi connectivity index (χ0v) is 13.5. The number of rotatable bonds is 2. The van der Waals surface area contributed by atoms with Crippen molar-refractivity contribution in [3.05, 3.63) is 52.9 Å². The quantitative estimate of drug-likeness (QED) is 0.781. The summed E-state index contributed by atoms with van der Waals surface area (Å²) in [4.78, 5) is 26.7. The smallest absolute Gasteiger partial charge is 0.259 e. The van der Waals surface area contributed by atoms with Gasteiger partial charge < -0.3 is 14.4 Å². The summed E-state index contributed by atoms with van der Waals surface area (Å²) in [5.74, 6) is 1.30. The van der Waals surface area contributed by atoms with Gasteiger partial charge in [0, 0.05) is 30.9 Å². The second kappa shape index (κ2) is 5.59. The fourth-order valence-corrected chi connectivity index (χ4v) is 3.05. The minimum atomic E-state index is -0.0468. The van der Waals surface area contributed by atoms with Gasteiger partial charge in [0.25, 0.3) is 5.91 Å². The molecule has 4 rings (SSSR count). The van der Waals surface area contributed by atoms with Crippen LogP contribution in [-0.4, -0.2) is 37.5 Å². The van der Waals surface area contributed by atoms with Crippen molar-refractivity contribution in [2.75, 3.05) is 6.54 Å². The van der Waals surface area contributed by atoms with E-state index in [2.05, 4.69) is 20.1 Å². The second-order valence-corrected chi connectivity index (χ2v) is 5.93. The van der Waals surface area contributed by atoms with Gasteiger partial charge in [-0.25, -0.2) is 4.98 Å². The zero-order valence-electron chi connectivity index (χ0n) is 13.5. The molecule has 7 heteroatoms. The average molecular weight is 323 g/mol. The van der Waals surface area contributed by atoms with Gasteiger partial charge in [0.1, 0.15) is 17.1 Å².